The zero-order valence-corrected chi connectivity index (χ0v) is 19.9. The minimum atomic E-state index is -0.0558. The van der Waals surface area contributed by atoms with Gasteiger partial charge in [-0.2, -0.15) is 11.8 Å². The predicted molar refractivity (Wildman–Crippen MR) is 136 cm³/mol. The Morgan fingerprint density at radius 2 is 1.94 bits per heavy atom. The van der Waals surface area contributed by atoms with Gasteiger partial charge >= 0.3 is 0 Å². The summed E-state index contributed by atoms with van der Waals surface area (Å²) in [4.78, 5) is 0. The highest BCUT2D eigenvalue weighted by atomic mass is 32.2. The Labute approximate surface area is 191 Å². The number of rotatable bonds is 7. The zero-order chi connectivity index (χ0) is 21.8. The van der Waals surface area contributed by atoms with E-state index in [2.05, 4.69) is 92.8 Å². The smallest absolute Gasteiger partial charge is 0.104 e. The highest BCUT2D eigenvalue weighted by Crippen LogP contribution is 2.41. The lowest BCUT2D eigenvalue weighted by molar-refractivity contribution is 0.279. The maximum absolute atomic E-state index is 5.70. The molecular formula is C28H33NOS. The van der Waals surface area contributed by atoms with E-state index in [4.69, 9.17) is 4.74 Å². The van der Waals surface area contributed by atoms with Crippen molar-refractivity contribution in [3.63, 3.8) is 0 Å². The van der Waals surface area contributed by atoms with Gasteiger partial charge in [-0.1, -0.05) is 54.6 Å². The fourth-order valence-electron chi connectivity index (χ4n) is 4.45. The van der Waals surface area contributed by atoms with Crippen LogP contribution in [0.4, 0.5) is 5.69 Å². The molecule has 2 aromatic rings. The van der Waals surface area contributed by atoms with Crippen LogP contribution < -0.4 is 5.32 Å². The molecule has 4 rings (SSSR count). The van der Waals surface area contributed by atoms with E-state index in [9.17, 15) is 0 Å². The van der Waals surface area contributed by atoms with Gasteiger partial charge in [-0.25, -0.2) is 0 Å². The lowest BCUT2D eigenvalue weighted by Gasteiger charge is -2.34. The first kappa shape index (κ1) is 21.8. The lowest BCUT2D eigenvalue weighted by Crippen LogP contribution is -2.33. The molecule has 1 atom stereocenters. The van der Waals surface area contributed by atoms with Gasteiger partial charge < -0.3 is 10.1 Å². The van der Waals surface area contributed by atoms with Crippen molar-refractivity contribution >= 4 is 28.6 Å². The number of allylic oxidation sites excluding steroid dienone is 4. The van der Waals surface area contributed by atoms with Gasteiger partial charge in [0, 0.05) is 28.5 Å². The molecule has 162 valence electrons. The molecule has 31 heavy (non-hydrogen) atoms. The molecular weight excluding hydrogens is 398 g/mol. The second kappa shape index (κ2) is 9.40. The first-order valence-corrected chi connectivity index (χ1v) is 12.3. The minimum Gasteiger partial charge on any atom is -0.500 e. The van der Waals surface area contributed by atoms with Crippen LogP contribution in [0.25, 0.3) is 11.1 Å². The van der Waals surface area contributed by atoms with Crippen LogP contribution in [0, 0.1) is 0 Å². The third-order valence-electron chi connectivity index (χ3n) is 6.02. The normalized spacial score (nSPS) is 18.1. The first-order chi connectivity index (χ1) is 15.0. The van der Waals surface area contributed by atoms with Crippen LogP contribution >= 0.6 is 11.8 Å². The summed E-state index contributed by atoms with van der Waals surface area (Å²) in [5.74, 6) is 2.20. The van der Waals surface area contributed by atoms with Gasteiger partial charge in [-0.3, -0.25) is 0 Å². The number of nitrogens with one attached hydrogen (secondary N) is 1. The third kappa shape index (κ3) is 5.10. The highest BCUT2D eigenvalue weighted by Gasteiger charge is 2.27. The van der Waals surface area contributed by atoms with E-state index in [0.717, 1.165) is 30.8 Å². The van der Waals surface area contributed by atoms with E-state index in [1.807, 2.05) is 11.8 Å². The molecule has 0 saturated carbocycles. The van der Waals surface area contributed by atoms with Crippen LogP contribution in [0.15, 0.2) is 72.5 Å². The summed E-state index contributed by atoms with van der Waals surface area (Å²) in [6.07, 6.45) is 10.0. The number of thioether (sulfide) groups is 1. The van der Waals surface area contributed by atoms with E-state index in [-0.39, 0.29) is 5.54 Å². The molecule has 2 aromatic carbocycles. The van der Waals surface area contributed by atoms with Gasteiger partial charge in [0.15, 0.2) is 0 Å². The second-order valence-corrected chi connectivity index (χ2v) is 10.4. The number of ether oxygens (including phenoxy) is 1. The molecule has 3 heteroatoms. The van der Waals surface area contributed by atoms with E-state index < -0.39 is 0 Å². The maximum Gasteiger partial charge on any atom is 0.104 e. The highest BCUT2D eigenvalue weighted by molar-refractivity contribution is 8.00. The van der Waals surface area contributed by atoms with Crippen molar-refractivity contribution in [3.05, 3.63) is 89.2 Å². The molecule has 1 aliphatic heterocycles. The Bertz CT molecular complexity index is 1020. The molecule has 0 radical (unpaired) electrons. The Kier molecular flexibility index (Phi) is 6.62. The lowest BCUT2D eigenvalue weighted by atomic mass is 9.86. The second-order valence-electron chi connectivity index (χ2n) is 8.94. The molecule has 0 spiro atoms. The Hall–Kier alpha value is -2.39. The number of fused-ring (bicyclic) bond motifs is 1. The van der Waals surface area contributed by atoms with Crippen LogP contribution in [-0.4, -0.2) is 23.7 Å². The van der Waals surface area contributed by atoms with Crippen LogP contribution in [0.2, 0.25) is 0 Å². The molecule has 0 aromatic heterocycles. The SMILES string of the molecule is COC1=C(c2ccc3c(c2)C(C(C)SCCc2ccccc2)=CC(C)(C)N3)C=CCC1. The van der Waals surface area contributed by atoms with E-state index in [1.54, 1.807) is 7.11 Å². The average molecular weight is 432 g/mol. The Morgan fingerprint density at radius 3 is 2.71 bits per heavy atom. The fraction of sp³-hybridized carbons (Fsp3) is 0.357. The maximum atomic E-state index is 5.70. The monoisotopic (exact) mass is 431 g/mol. The molecule has 0 fully saturated rings. The van der Waals surface area contributed by atoms with Gasteiger partial charge in [-0.05, 0) is 68.2 Å². The summed E-state index contributed by atoms with van der Waals surface area (Å²) < 4.78 is 5.70. The van der Waals surface area contributed by atoms with Crippen molar-refractivity contribution in [2.24, 2.45) is 0 Å². The van der Waals surface area contributed by atoms with E-state index in [1.165, 1.54) is 33.5 Å². The van der Waals surface area contributed by atoms with E-state index in [0.29, 0.717) is 5.25 Å². The van der Waals surface area contributed by atoms with Gasteiger partial charge in [0.25, 0.3) is 0 Å². The van der Waals surface area contributed by atoms with Gasteiger partial charge in [0.2, 0.25) is 0 Å². The quantitative estimate of drug-likeness (QED) is 0.495. The van der Waals surface area contributed by atoms with Crippen LogP contribution in [0.5, 0.6) is 0 Å². The third-order valence-corrected chi connectivity index (χ3v) is 7.22. The summed E-state index contributed by atoms with van der Waals surface area (Å²) in [7, 11) is 1.79. The summed E-state index contributed by atoms with van der Waals surface area (Å²) in [5.41, 5.74) is 7.77. The van der Waals surface area contributed by atoms with Crippen molar-refractivity contribution in [2.75, 3.05) is 18.2 Å². The van der Waals surface area contributed by atoms with Crippen LogP contribution in [-0.2, 0) is 11.2 Å². The largest absolute Gasteiger partial charge is 0.500 e. The molecule has 0 saturated heterocycles. The van der Waals surface area contributed by atoms with Gasteiger partial charge in [-0.15, -0.1) is 0 Å². The molecule has 2 aliphatic rings. The number of aryl methyl sites for hydroxylation is 1. The average Bonchev–Trinajstić information content (AvgIpc) is 2.78. The molecule has 0 bridgehead atoms. The van der Waals surface area contributed by atoms with Gasteiger partial charge in [0.05, 0.1) is 12.6 Å². The van der Waals surface area contributed by atoms with Crippen molar-refractivity contribution in [1.29, 1.82) is 0 Å². The molecule has 1 N–H and O–H groups in total. The van der Waals surface area contributed by atoms with Crippen molar-refractivity contribution in [2.45, 2.75) is 50.8 Å². The van der Waals surface area contributed by atoms with Crippen LogP contribution in [0.3, 0.4) is 0 Å². The van der Waals surface area contributed by atoms with E-state index >= 15 is 0 Å². The summed E-state index contributed by atoms with van der Waals surface area (Å²) in [6, 6.07) is 17.6. The number of hydrogen-bond acceptors (Lipinski definition) is 3. The number of methoxy groups -OCH3 is 1. The Balaban J connectivity index is 1.60. The fourth-order valence-corrected chi connectivity index (χ4v) is 5.53. The Morgan fingerprint density at radius 1 is 1.13 bits per heavy atom. The molecule has 0 amide bonds. The van der Waals surface area contributed by atoms with Crippen molar-refractivity contribution in [3.8, 4) is 0 Å². The number of anilines is 1. The molecule has 1 unspecified atom stereocenters. The first-order valence-electron chi connectivity index (χ1n) is 11.2. The van der Waals surface area contributed by atoms with Crippen molar-refractivity contribution in [1.82, 2.24) is 0 Å². The van der Waals surface area contributed by atoms with Crippen LogP contribution in [0.1, 0.15) is 50.3 Å². The summed E-state index contributed by atoms with van der Waals surface area (Å²) >= 11 is 2.04. The summed E-state index contributed by atoms with van der Waals surface area (Å²) in [6.45, 7) is 6.85. The van der Waals surface area contributed by atoms with Crippen molar-refractivity contribution < 1.29 is 4.74 Å². The van der Waals surface area contributed by atoms with Gasteiger partial charge in [0.1, 0.15) is 5.76 Å². The molecule has 1 aliphatic carbocycles. The number of hydrogen-bond donors (Lipinski definition) is 1. The minimum absolute atomic E-state index is 0.0558. The topological polar surface area (TPSA) is 21.3 Å². The zero-order valence-electron chi connectivity index (χ0n) is 19.1. The molecule has 1 heterocycles. The standard InChI is InChI=1S/C28H33NOS/c1-20(31-17-16-21-10-6-5-7-11-21)25-19-28(2,3)29-26-15-14-22(18-24(25)26)23-12-8-9-13-27(23)30-4/h5-8,10-12,14-15,18-20,29H,9,13,16-17H2,1-4H3. The molecule has 2 nitrogen and oxygen atoms in total. The predicted octanol–water partition coefficient (Wildman–Crippen LogP) is 7.35. The number of benzene rings is 2. The summed E-state index contributed by atoms with van der Waals surface area (Å²) in [5, 5.41) is 4.14.